The number of allylic oxidation sites excluding steroid dienone is 6. The van der Waals surface area contributed by atoms with Gasteiger partial charge in [-0.05, 0) is 109 Å². The van der Waals surface area contributed by atoms with Crippen LogP contribution in [0.4, 0.5) is 5.69 Å². The second-order valence-corrected chi connectivity index (χ2v) is 12.3. The number of anilines is 1. The Hall–Kier alpha value is -6.04. The van der Waals surface area contributed by atoms with E-state index in [0.29, 0.717) is 17.1 Å². The van der Waals surface area contributed by atoms with E-state index < -0.39 is 0 Å². The van der Waals surface area contributed by atoms with Gasteiger partial charge in [0.2, 0.25) is 0 Å². The smallest absolute Gasteiger partial charge is 0.137 e. The molecule has 4 heterocycles. The van der Waals surface area contributed by atoms with Crippen molar-refractivity contribution in [3.05, 3.63) is 154 Å². The van der Waals surface area contributed by atoms with Crippen LogP contribution in [0.2, 0.25) is 0 Å². The van der Waals surface area contributed by atoms with Crippen LogP contribution in [0.1, 0.15) is 35.1 Å². The number of para-hydroxylation sites is 2. The van der Waals surface area contributed by atoms with Crippen LogP contribution in [0.25, 0.3) is 39.6 Å². The van der Waals surface area contributed by atoms with E-state index in [1.54, 1.807) is 12.2 Å². The van der Waals surface area contributed by atoms with Gasteiger partial charge >= 0.3 is 0 Å². The second-order valence-electron chi connectivity index (χ2n) is 12.3. The number of rotatable bonds is 5. The molecule has 0 unspecified atom stereocenters. The van der Waals surface area contributed by atoms with Crippen molar-refractivity contribution in [1.29, 1.82) is 10.5 Å². The lowest BCUT2D eigenvalue weighted by Crippen LogP contribution is -2.34. The summed E-state index contributed by atoms with van der Waals surface area (Å²) in [6, 6.07) is 34.1. The van der Waals surface area contributed by atoms with Crippen molar-refractivity contribution in [2.24, 2.45) is 0 Å². The fraction of sp³-hybridized carbons (Fsp3) is 0.143. The highest BCUT2D eigenvalue weighted by molar-refractivity contribution is 6.09. The van der Waals surface area contributed by atoms with Crippen LogP contribution >= 0.6 is 0 Å². The summed E-state index contributed by atoms with van der Waals surface area (Å²) in [6.45, 7) is 2.30. The van der Waals surface area contributed by atoms with Gasteiger partial charge in [-0.3, -0.25) is 0 Å². The van der Waals surface area contributed by atoms with E-state index >= 15 is 0 Å². The minimum Gasteiger partial charge on any atom is -0.457 e. The molecular weight excluding hydrogens is 576 g/mol. The minimum absolute atomic E-state index is 0.0546. The molecule has 3 aliphatic rings. The quantitative estimate of drug-likeness (QED) is 0.187. The molecule has 8 rings (SSSR count). The third-order valence-corrected chi connectivity index (χ3v) is 9.31. The van der Waals surface area contributed by atoms with E-state index in [-0.39, 0.29) is 5.57 Å². The van der Waals surface area contributed by atoms with Crippen molar-refractivity contribution < 1.29 is 4.74 Å². The van der Waals surface area contributed by atoms with E-state index in [1.165, 1.54) is 51.5 Å². The Kier molecular flexibility index (Phi) is 7.29. The third-order valence-electron chi connectivity index (χ3n) is 9.31. The molecule has 3 aliphatic heterocycles. The zero-order chi connectivity index (χ0) is 31.7. The lowest BCUT2D eigenvalue weighted by atomic mass is 9.90. The van der Waals surface area contributed by atoms with Gasteiger partial charge in [-0.15, -0.1) is 0 Å². The standard InChI is InChI=1S/C42H32N4O/c43-27-34(28-44)33-25-36(47-37(26-33)20-16-30-23-31-7-5-21-45-22-6-8-32(24-30)42(31)45)19-15-29-13-17-35(18-14-29)46-40-11-3-1-9-38(40)39-10-2-4-12-41(39)46/h1-4,9-20,23-26H,5-8,21-22H2/b19-15+,20-16+. The van der Waals surface area contributed by atoms with Gasteiger partial charge in [0.15, 0.2) is 0 Å². The van der Waals surface area contributed by atoms with E-state index in [2.05, 4.69) is 100 Å². The number of aryl methyl sites for hydroxylation is 2. The molecule has 0 saturated heterocycles. The molecule has 0 amide bonds. The van der Waals surface area contributed by atoms with E-state index in [1.807, 2.05) is 30.4 Å². The van der Waals surface area contributed by atoms with Gasteiger partial charge in [0.25, 0.3) is 0 Å². The van der Waals surface area contributed by atoms with Crippen LogP contribution in [-0.4, -0.2) is 17.7 Å². The van der Waals surface area contributed by atoms with E-state index in [4.69, 9.17) is 4.74 Å². The molecule has 5 nitrogen and oxygen atoms in total. The minimum atomic E-state index is 0.0546. The molecule has 0 atom stereocenters. The summed E-state index contributed by atoms with van der Waals surface area (Å²) in [5, 5.41) is 21.7. The first kappa shape index (κ1) is 28.4. The van der Waals surface area contributed by atoms with Gasteiger partial charge in [0.05, 0.1) is 11.0 Å². The molecule has 0 N–H and O–H groups in total. The number of nitrogens with zero attached hydrogens (tertiary/aromatic N) is 4. The maximum atomic E-state index is 9.63. The molecule has 4 aromatic carbocycles. The first-order chi connectivity index (χ1) is 23.2. The van der Waals surface area contributed by atoms with Crippen molar-refractivity contribution in [2.75, 3.05) is 18.0 Å². The number of benzene rings is 4. The molecule has 0 bridgehead atoms. The third kappa shape index (κ3) is 5.33. The zero-order valence-electron chi connectivity index (χ0n) is 26.0. The highest BCUT2D eigenvalue weighted by Gasteiger charge is 2.24. The Balaban J connectivity index is 1.06. The maximum absolute atomic E-state index is 9.63. The normalized spacial score (nSPS) is 15.7. The van der Waals surface area contributed by atoms with Crippen LogP contribution in [0.5, 0.6) is 0 Å². The summed E-state index contributed by atoms with van der Waals surface area (Å²) in [7, 11) is 0. The first-order valence-corrected chi connectivity index (χ1v) is 16.2. The molecule has 226 valence electrons. The Morgan fingerprint density at radius 2 is 1.21 bits per heavy atom. The predicted molar refractivity (Wildman–Crippen MR) is 190 cm³/mol. The highest BCUT2D eigenvalue weighted by Crippen LogP contribution is 2.37. The highest BCUT2D eigenvalue weighted by atomic mass is 16.5. The number of aromatic nitrogens is 1. The summed E-state index contributed by atoms with van der Waals surface area (Å²) in [6.07, 6.45) is 16.0. The van der Waals surface area contributed by atoms with Crippen LogP contribution in [0, 0.1) is 22.7 Å². The Morgan fingerprint density at radius 1 is 0.660 bits per heavy atom. The van der Waals surface area contributed by atoms with E-state index in [9.17, 15) is 10.5 Å². The van der Waals surface area contributed by atoms with Crippen molar-refractivity contribution in [3.63, 3.8) is 0 Å². The van der Waals surface area contributed by atoms with Crippen LogP contribution < -0.4 is 4.90 Å². The first-order valence-electron chi connectivity index (χ1n) is 16.2. The Bertz CT molecular complexity index is 2200. The van der Waals surface area contributed by atoms with Crippen molar-refractivity contribution in [2.45, 2.75) is 25.7 Å². The van der Waals surface area contributed by atoms with Crippen LogP contribution in [0.3, 0.4) is 0 Å². The summed E-state index contributed by atoms with van der Waals surface area (Å²) < 4.78 is 8.55. The average molecular weight is 609 g/mol. The van der Waals surface area contributed by atoms with E-state index in [0.717, 1.165) is 42.7 Å². The molecule has 5 heteroatoms. The number of ether oxygens (including phenoxy) is 1. The van der Waals surface area contributed by atoms with Crippen molar-refractivity contribution >= 4 is 39.6 Å². The van der Waals surface area contributed by atoms with Gasteiger partial charge in [-0.25, -0.2) is 0 Å². The van der Waals surface area contributed by atoms with Crippen LogP contribution in [0.15, 0.2) is 132 Å². The predicted octanol–water partition coefficient (Wildman–Crippen LogP) is 9.35. The second kappa shape index (κ2) is 12.0. The van der Waals surface area contributed by atoms with Gasteiger partial charge in [-0.1, -0.05) is 60.7 Å². The fourth-order valence-corrected chi connectivity index (χ4v) is 7.22. The number of hydrogen-bond donors (Lipinski definition) is 0. The monoisotopic (exact) mass is 608 g/mol. The lowest BCUT2D eigenvalue weighted by molar-refractivity contribution is 0.332. The fourth-order valence-electron chi connectivity index (χ4n) is 7.22. The van der Waals surface area contributed by atoms with Crippen molar-refractivity contribution in [3.8, 4) is 17.8 Å². The number of hydrogen-bond acceptors (Lipinski definition) is 4. The lowest BCUT2D eigenvalue weighted by Gasteiger charge is -2.37. The summed E-state index contributed by atoms with van der Waals surface area (Å²) in [4.78, 5) is 2.54. The Labute approximate surface area is 274 Å². The van der Waals surface area contributed by atoms with Gasteiger partial charge in [-0.2, -0.15) is 10.5 Å². The van der Waals surface area contributed by atoms with Gasteiger partial charge in [0, 0.05) is 40.8 Å². The molecule has 5 aromatic rings. The Morgan fingerprint density at radius 3 is 1.79 bits per heavy atom. The molecule has 0 radical (unpaired) electrons. The number of fused-ring (bicyclic) bond motifs is 3. The summed E-state index contributed by atoms with van der Waals surface area (Å²) in [5.74, 6) is 1.15. The molecule has 0 aliphatic carbocycles. The zero-order valence-corrected chi connectivity index (χ0v) is 26.0. The summed E-state index contributed by atoms with van der Waals surface area (Å²) >= 11 is 0. The molecule has 47 heavy (non-hydrogen) atoms. The van der Waals surface area contributed by atoms with Gasteiger partial charge in [0.1, 0.15) is 29.2 Å². The molecular formula is C42H32N4O. The molecule has 0 spiro atoms. The molecule has 1 aromatic heterocycles. The SMILES string of the molecule is N#CC(C#N)=C1C=C(/C=C/c2ccc(-n3c4ccccc4c4ccccc43)cc2)OC(/C=C/c2cc3c4c(c2)CCCN4CCC3)=C1. The topological polar surface area (TPSA) is 65.0 Å². The largest absolute Gasteiger partial charge is 0.457 e. The maximum Gasteiger partial charge on any atom is 0.137 e. The average Bonchev–Trinajstić information content (AvgIpc) is 3.45. The molecule has 0 fully saturated rings. The summed E-state index contributed by atoms with van der Waals surface area (Å²) in [5.41, 5.74) is 10.5. The number of nitriles is 2. The molecule has 0 saturated carbocycles. The van der Waals surface area contributed by atoms with Crippen LogP contribution in [-0.2, 0) is 17.6 Å². The van der Waals surface area contributed by atoms with Crippen molar-refractivity contribution in [1.82, 2.24) is 4.57 Å². The van der Waals surface area contributed by atoms with Gasteiger partial charge < -0.3 is 14.2 Å².